The first-order valence-corrected chi connectivity index (χ1v) is 5.27. The molecule has 4 nitrogen and oxygen atoms in total. The van der Waals surface area contributed by atoms with Gasteiger partial charge in [0.15, 0.2) is 5.92 Å². The predicted molar refractivity (Wildman–Crippen MR) is 61.2 cm³/mol. The summed E-state index contributed by atoms with van der Waals surface area (Å²) in [5.74, 6) is -1.79. The summed E-state index contributed by atoms with van der Waals surface area (Å²) in [7, 11) is 0. The minimum Gasteiger partial charge on any atom is -0.465 e. The molecule has 0 amide bonds. The van der Waals surface area contributed by atoms with E-state index in [1.165, 1.54) is 18.2 Å². The fourth-order valence-electron chi connectivity index (χ4n) is 1.35. The van der Waals surface area contributed by atoms with Gasteiger partial charge in [-0.2, -0.15) is 10.5 Å². The van der Waals surface area contributed by atoms with E-state index in [0.29, 0.717) is 5.02 Å². The summed E-state index contributed by atoms with van der Waals surface area (Å²) in [5.41, 5.74) is 0.523. The lowest BCUT2D eigenvalue weighted by Gasteiger charge is -2.10. The first-order chi connectivity index (χ1) is 8.13. The molecule has 0 saturated heterocycles. The van der Waals surface area contributed by atoms with Crippen molar-refractivity contribution in [2.75, 3.05) is 6.61 Å². The first kappa shape index (κ1) is 13.0. The third kappa shape index (κ3) is 2.96. The van der Waals surface area contributed by atoms with Gasteiger partial charge in [0.2, 0.25) is 0 Å². The van der Waals surface area contributed by atoms with Crippen LogP contribution in [0.5, 0.6) is 0 Å². The summed E-state index contributed by atoms with van der Waals surface area (Å²) in [4.78, 5) is 11.6. The highest BCUT2D eigenvalue weighted by atomic mass is 35.5. The Bertz CT molecular complexity index is 514. The molecule has 0 saturated carbocycles. The van der Waals surface area contributed by atoms with Gasteiger partial charge in [-0.3, -0.25) is 4.79 Å². The number of carbonyl (C=O) groups is 1. The van der Waals surface area contributed by atoms with E-state index in [2.05, 4.69) is 0 Å². The molecule has 0 aliphatic heterocycles. The molecule has 0 fully saturated rings. The van der Waals surface area contributed by atoms with Crippen LogP contribution in [0.25, 0.3) is 0 Å². The van der Waals surface area contributed by atoms with Crippen LogP contribution in [0.4, 0.5) is 0 Å². The molecule has 1 atom stereocenters. The van der Waals surface area contributed by atoms with E-state index in [4.69, 9.17) is 26.9 Å². The molecular weight excluding hydrogens is 240 g/mol. The summed E-state index contributed by atoms with van der Waals surface area (Å²) in [6, 6.07) is 8.18. The maximum atomic E-state index is 11.6. The molecule has 86 valence electrons. The van der Waals surface area contributed by atoms with Crippen molar-refractivity contribution in [2.45, 2.75) is 12.8 Å². The molecule has 0 N–H and O–H groups in total. The zero-order chi connectivity index (χ0) is 12.8. The molecule has 1 rings (SSSR count). The Labute approximate surface area is 104 Å². The van der Waals surface area contributed by atoms with Crippen LogP contribution in [0.1, 0.15) is 24.0 Å². The molecule has 0 heterocycles. The number of esters is 1. The van der Waals surface area contributed by atoms with Gasteiger partial charge in [0.1, 0.15) is 0 Å². The number of ether oxygens (including phenoxy) is 1. The largest absolute Gasteiger partial charge is 0.465 e. The van der Waals surface area contributed by atoms with Crippen LogP contribution in [-0.2, 0) is 9.53 Å². The smallest absolute Gasteiger partial charge is 0.327 e. The normalized spacial score (nSPS) is 11.1. The Kier molecular flexibility index (Phi) is 4.51. The van der Waals surface area contributed by atoms with Crippen LogP contribution < -0.4 is 0 Å². The third-order valence-electron chi connectivity index (χ3n) is 2.10. The van der Waals surface area contributed by atoms with E-state index in [1.807, 2.05) is 12.1 Å². The summed E-state index contributed by atoms with van der Waals surface area (Å²) in [6.45, 7) is 1.83. The average molecular weight is 249 g/mol. The monoisotopic (exact) mass is 248 g/mol. The standard InChI is InChI=1S/C12H9ClN2O2/c1-2-17-12(16)11(7-15)10-5-9(13)4-3-8(10)6-14/h3-5,11H,2H2,1H3. The predicted octanol–water partition coefficient (Wildman–Crippen LogP) is 2.38. The van der Waals surface area contributed by atoms with Gasteiger partial charge >= 0.3 is 5.97 Å². The Hall–Kier alpha value is -2.04. The molecule has 17 heavy (non-hydrogen) atoms. The third-order valence-corrected chi connectivity index (χ3v) is 2.33. The number of carbonyl (C=O) groups excluding carboxylic acids is 1. The lowest BCUT2D eigenvalue weighted by atomic mass is 9.96. The second-order valence-corrected chi connectivity index (χ2v) is 3.59. The number of rotatable bonds is 3. The molecule has 1 aromatic rings. The first-order valence-electron chi connectivity index (χ1n) is 4.89. The van der Waals surface area contributed by atoms with E-state index in [1.54, 1.807) is 6.92 Å². The van der Waals surface area contributed by atoms with Gasteiger partial charge in [-0.05, 0) is 30.7 Å². The summed E-state index contributed by atoms with van der Waals surface area (Å²) < 4.78 is 4.77. The highest BCUT2D eigenvalue weighted by molar-refractivity contribution is 6.30. The Morgan fingerprint density at radius 1 is 1.53 bits per heavy atom. The number of hydrogen-bond donors (Lipinski definition) is 0. The van der Waals surface area contributed by atoms with Gasteiger partial charge in [-0.1, -0.05) is 11.6 Å². The zero-order valence-corrected chi connectivity index (χ0v) is 9.86. The highest BCUT2D eigenvalue weighted by Gasteiger charge is 2.24. The van der Waals surface area contributed by atoms with Crippen molar-refractivity contribution in [3.63, 3.8) is 0 Å². The van der Waals surface area contributed by atoms with Crippen LogP contribution in [0.3, 0.4) is 0 Å². The Balaban J connectivity index is 3.21. The van der Waals surface area contributed by atoms with E-state index in [9.17, 15) is 4.79 Å². The molecule has 1 unspecified atom stereocenters. The van der Waals surface area contributed by atoms with Crippen LogP contribution in [0.15, 0.2) is 18.2 Å². The SMILES string of the molecule is CCOC(=O)C(C#N)c1cc(Cl)ccc1C#N. The van der Waals surface area contributed by atoms with Crippen molar-refractivity contribution >= 4 is 17.6 Å². The van der Waals surface area contributed by atoms with Crippen molar-refractivity contribution < 1.29 is 9.53 Å². The summed E-state index contributed by atoms with van der Waals surface area (Å²) in [6.07, 6.45) is 0. The second kappa shape index (κ2) is 5.89. The molecule has 5 heteroatoms. The lowest BCUT2D eigenvalue weighted by Crippen LogP contribution is -2.15. The van der Waals surface area contributed by atoms with Gasteiger partial charge in [0, 0.05) is 5.02 Å². The van der Waals surface area contributed by atoms with Gasteiger partial charge in [-0.15, -0.1) is 0 Å². The molecule has 0 aromatic heterocycles. The summed E-state index contributed by atoms with van der Waals surface area (Å²) in [5, 5.41) is 18.3. The Morgan fingerprint density at radius 2 is 2.24 bits per heavy atom. The van der Waals surface area contributed by atoms with Crippen LogP contribution in [-0.4, -0.2) is 12.6 Å². The fraction of sp³-hybridized carbons (Fsp3) is 0.250. The van der Waals surface area contributed by atoms with Crippen molar-refractivity contribution in [3.8, 4) is 12.1 Å². The van der Waals surface area contributed by atoms with E-state index in [0.717, 1.165) is 0 Å². The maximum Gasteiger partial charge on any atom is 0.327 e. The van der Waals surface area contributed by atoms with E-state index < -0.39 is 11.9 Å². The van der Waals surface area contributed by atoms with Crippen LogP contribution in [0.2, 0.25) is 5.02 Å². The summed E-state index contributed by atoms with van der Waals surface area (Å²) >= 11 is 5.79. The van der Waals surface area contributed by atoms with Gasteiger partial charge in [0.25, 0.3) is 0 Å². The van der Waals surface area contributed by atoms with Crippen molar-refractivity contribution in [3.05, 3.63) is 34.3 Å². The second-order valence-electron chi connectivity index (χ2n) is 3.16. The maximum absolute atomic E-state index is 11.6. The lowest BCUT2D eigenvalue weighted by molar-refractivity contribution is -0.143. The van der Waals surface area contributed by atoms with Crippen molar-refractivity contribution in [1.29, 1.82) is 10.5 Å². The van der Waals surface area contributed by atoms with E-state index >= 15 is 0 Å². The number of nitriles is 2. The minimum absolute atomic E-state index is 0.180. The van der Waals surface area contributed by atoms with Crippen LogP contribution in [0, 0.1) is 22.7 Å². The number of nitrogens with zero attached hydrogens (tertiary/aromatic N) is 2. The van der Waals surface area contributed by atoms with Crippen molar-refractivity contribution in [2.24, 2.45) is 0 Å². The zero-order valence-electron chi connectivity index (χ0n) is 9.11. The molecule has 0 aliphatic carbocycles. The van der Waals surface area contributed by atoms with Gasteiger partial charge in [0.05, 0.1) is 24.3 Å². The molecular formula is C12H9ClN2O2. The number of benzene rings is 1. The molecule has 0 bridgehead atoms. The van der Waals surface area contributed by atoms with Gasteiger partial charge < -0.3 is 4.74 Å². The minimum atomic E-state index is -1.12. The quantitative estimate of drug-likeness (QED) is 0.770. The number of hydrogen-bond acceptors (Lipinski definition) is 4. The molecule has 0 spiro atoms. The fourth-order valence-corrected chi connectivity index (χ4v) is 1.53. The number of halogens is 1. The topological polar surface area (TPSA) is 73.9 Å². The average Bonchev–Trinajstić information content (AvgIpc) is 2.31. The Morgan fingerprint density at radius 3 is 2.76 bits per heavy atom. The van der Waals surface area contributed by atoms with Gasteiger partial charge in [-0.25, -0.2) is 0 Å². The highest BCUT2D eigenvalue weighted by Crippen LogP contribution is 2.24. The molecule has 0 radical (unpaired) electrons. The van der Waals surface area contributed by atoms with E-state index in [-0.39, 0.29) is 17.7 Å². The van der Waals surface area contributed by atoms with Crippen LogP contribution >= 0.6 is 11.6 Å². The molecule has 0 aliphatic rings. The molecule has 1 aromatic carbocycles. The van der Waals surface area contributed by atoms with Crippen molar-refractivity contribution in [1.82, 2.24) is 0 Å².